The number of carbonyl (C=O) groups is 2. The maximum Gasteiger partial charge on any atom is 0.279 e. The summed E-state index contributed by atoms with van der Waals surface area (Å²) in [5.41, 5.74) is 5.00. The van der Waals surface area contributed by atoms with Crippen molar-refractivity contribution in [2.24, 2.45) is 17.8 Å². The topological polar surface area (TPSA) is 58.2 Å². The molecule has 2 amide bonds. The van der Waals surface area contributed by atoms with E-state index >= 15 is 0 Å². The van der Waals surface area contributed by atoms with Crippen molar-refractivity contribution < 1.29 is 9.59 Å². The molecule has 0 unspecified atom stereocenters. The van der Waals surface area contributed by atoms with Gasteiger partial charge in [0.2, 0.25) is 5.91 Å². The molecular formula is C14H18N2O2S. The first kappa shape index (κ1) is 12.7. The smallest absolute Gasteiger partial charge is 0.273 e. The highest BCUT2D eigenvalue weighted by Crippen LogP contribution is 2.49. The van der Waals surface area contributed by atoms with Crippen molar-refractivity contribution >= 4 is 23.2 Å². The van der Waals surface area contributed by atoms with Crippen LogP contribution in [0.5, 0.6) is 0 Å². The van der Waals surface area contributed by atoms with Crippen molar-refractivity contribution in [3.05, 3.63) is 22.4 Å². The van der Waals surface area contributed by atoms with Crippen molar-refractivity contribution in [1.82, 2.24) is 10.9 Å². The number of amides is 2. The van der Waals surface area contributed by atoms with Crippen LogP contribution in [0.1, 0.15) is 41.8 Å². The molecule has 1 aromatic heterocycles. The zero-order chi connectivity index (χ0) is 13.2. The third-order valence-corrected chi connectivity index (χ3v) is 5.26. The number of hydrogen-bond acceptors (Lipinski definition) is 3. The predicted molar refractivity (Wildman–Crippen MR) is 73.5 cm³/mol. The minimum absolute atomic E-state index is 0.0672. The first-order chi connectivity index (χ1) is 9.22. The Morgan fingerprint density at radius 1 is 1.26 bits per heavy atom. The quantitative estimate of drug-likeness (QED) is 0.834. The Balaban J connectivity index is 1.43. The summed E-state index contributed by atoms with van der Waals surface area (Å²) in [6.45, 7) is 0. The van der Waals surface area contributed by atoms with E-state index in [-0.39, 0.29) is 11.8 Å². The second-order valence-electron chi connectivity index (χ2n) is 5.62. The van der Waals surface area contributed by atoms with Crippen LogP contribution in [0.15, 0.2) is 17.5 Å². The van der Waals surface area contributed by atoms with Crippen LogP contribution in [0.4, 0.5) is 0 Å². The Hall–Kier alpha value is -1.36. The first-order valence-corrected chi connectivity index (χ1v) is 7.73. The van der Waals surface area contributed by atoms with Crippen LogP contribution in [0, 0.1) is 17.8 Å². The van der Waals surface area contributed by atoms with Gasteiger partial charge in [0.1, 0.15) is 0 Å². The molecule has 0 saturated heterocycles. The van der Waals surface area contributed by atoms with Crippen molar-refractivity contribution in [1.29, 1.82) is 0 Å². The summed E-state index contributed by atoms with van der Waals surface area (Å²) in [6.07, 6.45) is 5.67. The van der Waals surface area contributed by atoms with E-state index in [2.05, 4.69) is 10.9 Å². The van der Waals surface area contributed by atoms with Gasteiger partial charge in [-0.25, -0.2) is 0 Å². The second kappa shape index (κ2) is 5.33. The molecule has 3 rings (SSSR count). The lowest BCUT2D eigenvalue weighted by Crippen LogP contribution is -2.42. The molecule has 19 heavy (non-hydrogen) atoms. The summed E-state index contributed by atoms with van der Waals surface area (Å²) in [5.74, 6) is 1.81. The molecule has 2 N–H and O–H groups in total. The molecule has 1 heterocycles. The molecule has 2 saturated carbocycles. The molecule has 0 aromatic carbocycles. The van der Waals surface area contributed by atoms with E-state index in [1.165, 1.54) is 37.0 Å². The third kappa shape index (κ3) is 2.81. The number of thiophene rings is 1. The Bertz CT molecular complexity index is 472. The number of nitrogens with one attached hydrogen (secondary N) is 2. The summed E-state index contributed by atoms with van der Waals surface area (Å²) >= 11 is 1.36. The summed E-state index contributed by atoms with van der Waals surface area (Å²) in [5, 5.41) is 1.84. The molecule has 4 nitrogen and oxygen atoms in total. The standard InChI is InChI=1S/C14H18N2O2S/c17-13(8-11-7-9-3-4-10(11)6-9)15-16-14(18)12-2-1-5-19-12/h1-2,5,9-11H,3-4,6-8H2,(H,15,17)(H,16,18)/t9-,10+,11-/m0/s1. The SMILES string of the molecule is O=C(C[C@@H]1C[C@H]2CC[C@@H]1C2)NNC(=O)c1cccs1. The van der Waals surface area contributed by atoms with Crippen LogP contribution in [-0.4, -0.2) is 11.8 Å². The number of carbonyl (C=O) groups excluding carboxylic acids is 2. The lowest BCUT2D eigenvalue weighted by molar-refractivity contribution is -0.123. The van der Waals surface area contributed by atoms with Gasteiger partial charge >= 0.3 is 0 Å². The average Bonchev–Trinajstić information content (AvgIpc) is 3.12. The fraction of sp³-hybridized carbons (Fsp3) is 0.571. The monoisotopic (exact) mass is 278 g/mol. The Morgan fingerprint density at radius 3 is 2.79 bits per heavy atom. The van der Waals surface area contributed by atoms with Crippen molar-refractivity contribution in [3.8, 4) is 0 Å². The highest BCUT2D eigenvalue weighted by molar-refractivity contribution is 7.12. The van der Waals surface area contributed by atoms with Gasteiger partial charge in [-0.1, -0.05) is 12.5 Å². The fourth-order valence-electron chi connectivity index (χ4n) is 3.51. The lowest BCUT2D eigenvalue weighted by atomic mass is 9.86. The van der Waals surface area contributed by atoms with Gasteiger partial charge in [-0.05, 0) is 48.5 Å². The molecule has 2 aliphatic carbocycles. The highest BCUT2D eigenvalue weighted by atomic mass is 32.1. The van der Waals surface area contributed by atoms with E-state index in [9.17, 15) is 9.59 Å². The maximum atomic E-state index is 11.8. The van der Waals surface area contributed by atoms with Gasteiger partial charge in [0.15, 0.2) is 0 Å². The lowest BCUT2D eigenvalue weighted by Gasteiger charge is -2.20. The highest BCUT2D eigenvalue weighted by Gasteiger charge is 2.40. The molecular weight excluding hydrogens is 260 g/mol. The zero-order valence-corrected chi connectivity index (χ0v) is 11.5. The van der Waals surface area contributed by atoms with E-state index < -0.39 is 0 Å². The Labute approximate surface area is 116 Å². The largest absolute Gasteiger partial charge is 0.279 e. The van der Waals surface area contributed by atoms with Gasteiger partial charge in [-0.15, -0.1) is 11.3 Å². The molecule has 0 radical (unpaired) electrons. The van der Waals surface area contributed by atoms with E-state index in [0.29, 0.717) is 17.2 Å². The van der Waals surface area contributed by atoms with Gasteiger partial charge in [0.25, 0.3) is 5.91 Å². The normalized spacial score (nSPS) is 28.3. The molecule has 0 spiro atoms. The summed E-state index contributed by atoms with van der Waals surface area (Å²) < 4.78 is 0. The zero-order valence-electron chi connectivity index (χ0n) is 10.7. The van der Waals surface area contributed by atoms with Crippen LogP contribution in [0.25, 0.3) is 0 Å². The molecule has 3 atom stereocenters. The fourth-order valence-corrected chi connectivity index (χ4v) is 4.13. The molecule has 2 fully saturated rings. The van der Waals surface area contributed by atoms with Crippen molar-refractivity contribution in [2.45, 2.75) is 32.1 Å². The summed E-state index contributed by atoms with van der Waals surface area (Å²) in [7, 11) is 0. The van der Waals surface area contributed by atoms with Gasteiger partial charge in [-0.2, -0.15) is 0 Å². The minimum Gasteiger partial charge on any atom is -0.273 e. The second-order valence-corrected chi connectivity index (χ2v) is 6.57. The van der Waals surface area contributed by atoms with Gasteiger partial charge in [0, 0.05) is 6.42 Å². The van der Waals surface area contributed by atoms with E-state index in [4.69, 9.17) is 0 Å². The number of fused-ring (bicyclic) bond motifs is 2. The van der Waals surface area contributed by atoms with Crippen LogP contribution in [0.2, 0.25) is 0 Å². The molecule has 1 aromatic rings. The molecule has 2 bridgehead atoms. The molecule has 102 valence electrons. The van der Waals surface area contributed by atoms with E-state index in [0.717, 1.165) is 11.8 Å². The molecule has 2 aliphatic rings. The third-order valence-electron chi connectivity index (χ3n) is 4.39. The minimum atomic E-state index is -0.240. The van der Waals surface area contributed by atoms with Crippen molar-refractivity contribution in [2.75, 3.05) is 0 Å². The van der Waals surface area contributed by atoms with Crippen molar-refractivity contribution in [3.63, 3.8) is 0 Å². The van der Waals surface area contributed by atoms with Crippen LogP contribution >= 0.6 is 11.3 Å². The van der Waals surface area contributed by atoms with E-state index in [1.807, 2.05) is 11.4 Å². The van der Waals surface area contributed by atoms with Crippen LogP contribution in [-0.2, 0) is 4.79 Å². The predicted octanol–water partition coefficient (Wildman–Crippen LogP) is 2.34. The maximum absolute atomic E-state index is 11.8. The number of hydrazine groups is 1. The first-order valence-electron chi connectivity index (χ1n) is 6.85. The van der Waals surface area contributed by atoms with Crippen LogP contribution < -0.4 is 10.9 Å². The Morgan fingerprint density at radius 2 is 2.16 bits per heavy atom. The molecule has 5 heteroatoms. The number of hydrogen-bond donors (Lipinski definition) is 2. The number of rotatable bonds is 3. The van der Waals surface area contributed by atoms with Gasteiger partial charge in [0.05, 0.1) is 4.88 Å². The summed E-state index contributed by atoms with van der Waals surface area (Å²) in [4.78, 5) is 24.1. The average molecular weight is 278 g/mol. The summed E-state index contributed by atoms with van der Waals surface area (Å²) in [6, 6.07) is 3.55. The van der Waals surface area contributed by atoms with Gasteiger partial charge in [-0.3, -0.25) is 20.4 Å². The van der Waals surface area contributed by atoms with Gasteiger partial charge < -0.3 is 0 Å². The molecule has 0 aliphatic heterocycles. The van der Waals surface area contributed by atoms with Crippen LogP contribution in [0.3, 0.4) is 0 Å². The van der Waals surface area contributed by atoms with E-state index in [1.54, 1.807) is 6.07 Å². The Kier molecular flexibility index (Phi) is 3.55.